The molecule has 1 aliphatic heterocycles. The summed E-state index contributed by atoms with van der Waals surface area (Å²) < 4.78 is 17.2. The molecule has 1 aromatic carbocycles. The Morgan fingerprint density at radius 2 is 2.10 bits per heavy atom. The third kappa shape index (κ3) is 3.51. The van der Waals surface area contributed by atoms with Crippen molar-refractivity contribution in [3.8, 4) is 5.75 Å². The molecule has 0 spiro atoms. The zero-order valence-corrected chi connectivity index (χ0v) is 11.5. The molecule has 0 aromatic heterocycles. The van der Waals surface area contributed by atoms with Crippen molar-refractivity contribution in [2.24, 2.45) is 5.73 Å². The second kappa shape index (κ2) is 6.42. The van der Waals surface area contributed by atoms with Crippen molar-refractivity contribution >= 4 is 17.3 Å². The SMILES string of the molecule is CN1CCN(c2ccc(OCF)c(NC(=N)N)c2)CC1. The number of anilines is 2. The van der Waals surface area contributed by atoms with E-state index >= 15 is 0 Å². The lowest BCUT2D eigenvalue weighted by Crippen LogP contribution is -2.44. The molecule has 1 fully saturated rings. The number of nitrogens with one attached hydrogen (secondary N) is 2. The number of guanidine groups is 1. The first-order valence-corrected chi connectivity index (χ1v) is 6.47. The summed E-state index contributed by atoms with van der Waals surface area (Å²) in [5.41, 5.74) is 6.85. The molecular weight excluding hydrogens is 261 g/mol. The molecule has 1 aromatic rings. The highest BCUT2D eigenvalue weighted by Gasteiger charge is 2.16. The molecule has 1 aliphatic rings. The highest BCUT2D eigenvalue weighted by Crippen LogP contribution is 2.30. The molecule has 110 valence electrons. The summed E-state index contributed by atoms with van der Waals surface area (Å²) in [5, 5.41) is 9.98. The number of hydrogen-bond donors (Lipinski definition) is 3. The Kier molecular flexibility index (Phi) is 4.62. The lowest BCUT2D eigenvalue weighted by Gasteiger charge is -2.34. The number of benzene rings is 1. The van der Waals surface area contributed by atoms with Crippen LogP contribution in [0.3, 0.4) is 0 Å². The van der Waals surface area contributed by atoms with Gasteiger partial charge in [0.25, 0.3) is 0 Å². The quantitative estimate of drug-likeness (QED) is 0.568. The van der Waals surface area contributed by atoms with Crippen LogP contribution in [0, 0.1) is 5.41 Å². The minimum Gasteiger partial charge on any atom is -0.461 e. The summed E-state index contributed by atoms with van der Waals surface area (Å²) in [4.78, 5) is 4.51. The molecule has 0 amide bonds. The molecule has 0 saturated carbocycles. The average Bonchev–Trinajstić information content (AvgIpc) is 2.41. The Morgan fingerprint density at radius 1 is 1.40 bits per heavy atom. The van der Waals surface area contributed by atoms with Crippen molar-refractivity contribution in [1.82, 2.24) is 4.90 Å². The fourth-order valence-corrected chi connectivity index (χ4v) is 2.21. The molecule has 7 heteroatoms. The molecule has 0 atom stereocenters. The van der Waals surface area contributed by atoms with Gasteiger partial charge in [-0.3, -0.25) is 5.41 Å². The first-order valence-electron chi connectivity index (χ1n) is 6.47. The van der Waals surface area contributed by atoms with Gasteiger partial charge in [-0.05, 0) is 25.2 Å². The van der Waals surface area contributed by atoms with E-state index in [0.717, 1.165) is 31.9 Å². The molecule has 0 aliphatic carbocycles. The van der Waals surface area contributed by atoms with E-state index in [0.29, 0.717) is 11.4 Å². The van der Waals surface area contributed by atoms with Crippen LogP contribution in [0.1, 0.15) is 0 Å². The van der Waals surface area contributed by atoms with Gasteiger partial charge in [0, 0.05) is 31.9 Å². The number of nitrogens with two attached hydrogens (primary N) is 1. The maximum absolute atomic E-state index is 12.3. The van der Waals surface area contributed by atoms with E-state index in [2.05, 4.69) is 22.2 Å². The largest absolute Gasteiger partial charge is 0.461 e. The predicted molar refractivity (Wildman–Crippen MR) is 78.3 cm³/mol. The van der Waals surface area contributed by atoms with Gasteiger partial charge >= 0.3 is 0 Å². The summed E-state index contributed by atoms with van der Waals surface area (Å²) >= 11 is 0. The van der Waals surface area contributed by atoms with Gasteiger partial charge in [-0.1, -0.05) is 0 Å². The van der Waals surface area contributed by atoms with Gasteiger partial charge in [-0.15, -0.1) is 0 Å². The number of piperazine rings is 1. The summed E-state index contributed by atoms with van der Waals surface area (Å²) in [6, 6.07) is 5.41. The van der Waals surface area contributed by atoms with Crippen LogP contribution in [0.5, 0.6) is 5.75 Å². The standard InChI is InChI=1S/C13H20FN5O/c1-18-4-6-19(7-5-18)10-2-3-12(20-9-14)11(8-10)17-13(15)16/h2-3,8H,4-7,9H2,1H3,(H4,15,16,17). The number of ether oxygens (including phenoxy) is 1. The summed E-state index contributed by atoms with van der Waals surface area (Å²) in [6.45, 7) is 2.94. The van der Waals surface area contributed by atoms with E-state index in [-0.39, 0.29) is 5.96 Å². The number of rotatable bonds is 4. The maximum Gasteiger partial charge on any atom is 0.228 e. The lowest BCUT2D eigenvalue weighted by atomic mass is 10.2. The Labute approximate surface area is 117 Å². The van der Waals surface area contributed by atoms with Gasteiger partial charge in [-0.25, -0.2) is 4.39 Å². The smallest absolute Gasteiger partial charge is 0.228 e. The Bertz CT molecular complexity index is 474. The summed E-state index contributed by atoms with van der Waals surface area (Å²) in [5.74, 6) is 0.143. The van der Waals surface area contributed by atoms with Gasteiger partial charge in [0.05, 0.1) is 5.69 Å². The molecule has 1 saturated heterocycles. The molecular formula is C13H20FN5O. The first kappa shape index (κ1) is 14.4. The molecule has 0 bridgehead atoms. The minimum absolute atomic E-state index is 0.204. The van der Waals surface area contributed by atoms with Crippen molar-refractivity contribution < 1.29 is 9.13 Å². The number of likely N-dealkylation sites (N-methyl/N-ethyl adjacent to an activating group) is 1. The lowest BCUT2D eigenvalue weighted by molar-refractivity contribution is 0.193. The number of hydrogen-bond acceptors (Lipinski definition) is 4. The second-order valence-corrected chi connectivity index (χ2v) is 4.76. The van der Waals surface area contributed by atoms with E-state index in [1.165, 1.54) is 0 Å². The molecule has 2 rings (SSSR count). The van der Waals surface area contributed by atoms with Gasteiger partial charge < -0.3 is 25.6 Å². The van der Waals surface area contributed by atoms with E-state index in [9.17, 15) is 4.39 Å². The van der Waals surface area contributed by atoms with Crippen molar-refractivity contribution in [3.63, 3.8) is 0 Å². The van der Waals surface area contributed by atoms with Gasteiger partial charge in [0.15, 0.2) is 5.96 Å². The third-order valence-electron chi connectivity index (χ3n) is 3.31. The third-order valence-corrected chi connectivity index (χ3v) is 3.31. The van der Waals surface area contributed by atoms with Crippen LogP contribution in [-0.4, -0.2) is 50.9 Å². The average molecular weight is 281 g/mol. The second-order valence-electron chi connectivity index (χ2n) is 4.76. The molecule has 1 heterocycles. The first-order chi connectivity index (χ1) is 9.60. The molecule has 6 nitrogen and oxygen atoms in total. The van der Waals surface area contributed by atoms with E-state index in [4.69, 9.17) is 15.9 Å². The zero-order chi connectivity index (χ0) is 14.5. The zero-order valence-electron chi connectivity index (χ0n) is 11.5. The van der Waals surface area contributed by atoms with Crippen LogP contribution < -0.4 is 20.7 Å². The maximum atomic E-state index is 12.3. The van der Waals surface area contributed by atoms with Crippen molar-refractivity contribution in [2.75, 3.05) is 50.3 Å². The van der Waals surface area contributed by atoms with E-state index in [1.807, 2.05) is 12.1 Å². The Morgan fingerprint density at radius 3 is 2.70 bits per heavy atom. The number of alkyl halides is 1. The monoisotopic (exact) mass is 281 g/mol. The Balaban J connectivity index is 2.19. The van der Waals surface area contributed by atoms with Crippen LogP contribution in [0.15, 0.2) is 18.2 Å². The number of halogens is 1. The minimum atomic E-state index is -0.916. The van der Waals surface area contributed by atoms with Crippen LogP contribution in [0.25, 0.3) is 0 Å². The number of nitrogens with zero attached hydrogens (tertiary/aromatic N) is 2. The van der Waals surface area contributed by atoms with Crippen LogP contribution in [0.2, 0.25) is 0 Å². The highest BCUT2D eigenvalue weighted by atomic mass is 19.1. The molecule has 0 unspecified atom stereocenters. The van der Waals surface area contributed by atoms with Gasteiger partial charge in [0.1, 0.15) is 5.75 Å². The fourth-order valence-electron chi connectivity index (χ4n) is 2.21. The molecule has 0 radical (unpaired) electrons. The van der Waals surface area contributed by atoms with Gasteiger partial charge in [-0.2, -0.15) is 0 Å². The molecule has 20 heavy (non-hydrogen) atoms. The van der Waals surface area contributed by atoms with Crippen LogP contribution in [0.4, 0.5) is 15.8 Å². The Hall–Kier alpha value is -2.02. The predicted octanol–water partition coefficient (Wildman–Crippen LogP) is 1.05. The van der Waals surface area contributed by atoms with Crippen LogP contribution >= 0.6 is 0 Å². The van der Waals surface area contributed by atoms with E-state index in [1.54, 1.807) is 6.07 Å². The summed E-state index contributed by atoms with van der Waals surface area (Å²) in [6.07, 6.45) is 0. The highest BCUT2D eigenvalue weighted by molar-refractivity contribution is 5.92. The molecule has 4 N–H and O–H groups in total. The van der Waals surface area contributed by atoms with Crippen molar-refractivity contribution in [2.45, 2.75) is 0 Å². The topological polar surface area (TPSA) is 77.6 Å². The van der Waals surface area contributed by atoms with E-state index < -0.39 is 6.86 Å². The normalized spacial score (nSPS) is 16.0. The fraction of sp³-hybridized carbons (Fsp3) is 0.462. The summed E-state index contributed by atoms with van der Waals surface area (Å²) in [7, 11) is 2.10. The van der Waals surface area contributed by atoms with Crippen molar-refractivity contribution in [1.29, 1.82) is 5.41 Å². The van der Waals surface area contributed by atoms with Crippen LogP contribution in [-0.2, 0) is 0 Å². The van der Waals surface area contributed by atoms with Gasteiger partial charge in [0.2, 0.25) is 6.86 Å². The van der Waals surface area contributed by atoms with Crippen molar-refractivity contribution in [3.05, 3.63) is 18.2 Å².